The van der Waals surface area contributed by atoms with E-state index < -0.39 is 144 Å². The van der Waals surface area contributed by atoms with Crippen molar-refractivity contribution in [3.05, 3.63) is 201 Å². The third kappa shape index (κ3) is 7.64. The molecule has 6 aromatic carbocycles. The molecule has 1 heterocycles. The Morgan fingerprint density at radius 3 is 1.04 bits per heavy atom. The van der Waals surface area contributed by atoms with Gasteiger partial charge in [0.1, 0.15) is 64.3 Å². The topological polar surface area (TPSA) is 44.7 Å². The third-order valence-electron chi connectivity index (χ3n) is 10.5. The molecule has 0 radical (unpaired) electrons. The number of aromatic nitrogens is 1. The van der Waals surface area contributed by atoms with Crippen LogP contribution >= 0.6 is 0 Å². The van der Waals surface area contributed by atoms with E-state index in [4.69, 9.17) is 0 Å². The zero-order valence-corrected chi connectivity index (χ0v) is 32.7. The zero-order valence-electron chi connectivity index (χ0n) is 32.7. The monoisotopic (exact) mass is 978 g/mol. The van der Waals surface area contributed by atoms with Gasteiger partial charge < -0.3 is 0 Å². The van der Waals surface area contributed by atoms with E-state index in [0.29, 0.717) is 16.8 Å². The molecule has 350 valence electrons. The molecule has 0 bridgehead atoms. The van der Waals surface area contributed by atoms with Crippen molar-refractivity contribution in [2.45, 2.75) is 6.54 Å². The number of ketones is 1. The second-order valence-electron chi connectivity index (χ2n) is 14.0. The number of para-hydroxylation sites is 1. The third-order valence-corrected chi connectivity index (χ3v) is 10.5. The first kappa shape index (κ1) is 49.7. The summed E-state index contributed by atoms with van der Waals surface area (Å²) in [6, 6.07) is 22.8. The quantitative estimate of drug-likeness (QED) is 0.0290. The maximum Gasteiger partial charge on any atom is 0.227 e. The molecule has 0 unspecified atom stereocenters. The van der Waals surface area contributed by atoms with Crippen molar-refractivity contribution in [3.8, 4) is 6.07 Å². The van der Waals surface area contributed by atoms with Crippen LogP contribution in [0.4, 0.5) is 87.8 Å². The van der Waals surface area contributed by atoms with E-state index in [1.807, 2.05) is 59.2 Å². The minimum absolute atomic E-state index is 0.000979. The first-order valence-electron chi connectivity index (χ1n) is 18.2. The Labute approximate surface area is 365 Å². The van der Waals surface area contributed by atoms with Crippen LogP contribution in [0.5, 0.6) is 0 Å². The van der Waals surface area contributed by atoms with E-state index >= 15 is 35.1 Å². The largest absolute Gasteiger partial charge is 0.287 e. The van der Waals surface area contributed by atoms with Crippen LogP contribution in [0.3, 0.4) is 0 Å². The molecule has 68 heavy (non-hydrogen) atoms. The van der Waals surface area contributed by atoms with Crippen molar-refractivity contribution in [2.75, 3.05) is 0 Å². The summed E-state index contributed by atoms with van der Waals surface area (Å²) in [6.45, 7) is 3.97. The van der Waals surface area contributed by atoms with Gasteiger partial charge in [-0.2, -0.15) is 9.83 Å². The van der Waals surface area contributed by atoms with Gasteiger partial charge in [0.15, 0.2) is 69.8 Å². The number of nitriles is 1. The maximum atomic E-state index is 15.4. The Kier molecular flexibility index (Phi) is 13.5. The van der Waals surface area contributed by atoms with Gasteiger partial charge in [-0.3, -0.25) is 4.79 Å². The van der Waals surface area contributed by atoms with Crippen molar-refractivity contribution in [3.63, 3.8) is 0 Å². The highest BCUT2D eigenvalue weighted by Gasteiger charge is 2.52. The van der Waals surface area contributed by atoms with Crippen LogP contribution in [-0.4, -0.2) is 11.9 Å². The number of nitrogens with zero attached hydrogens (tertiary/aromatic N) is 2. The summed E-state index contributed by atoms with van der Waals surface area (Å²) in [5.41, 5.74) is -11.8. The summed E-state index contributed by atoms with van der Waals surface area (Å²) in [4.78, 5) is 12.6. The van der Waals surface area contributed by atoms with Gasteiger partial charge in [-0.1, -0.05) is 49.0 Å². The molecular weight excluding hydrogens is 963 g/mol. The molecule has 7 aromatic rings. The van der Waals surface area contributed by atoms with Crippen LogP contribution in [-0.2, 0) is 6.54 Å². The minimum Gasteiger partial charge on any atom is -0.287 e. The molecule has 0 aliphatic carbocycles. The minimum atomic E-state index is -7.22. The first-order chi connectivity index (χ1) is 31.9. The van der Waals surface area contributed by atoms with E-state index in [-0.39, 0.29) is 12.3 Å². The van der Waals surface area contributed by atoms with Crippen molar-refractivity contribution in [1.29, 1.82) is 5.26 Å². The number of hydrogen-bond acceptors (Lipinski definition) is 2. The van der Waals surface area contributed by atoms with Gasteiger partial charge in [-0.15, -0.1) is 21.9 Å². The summed E-state index contributed by atoms with van der Waals surface area (Å²) in [5, 5.41) is 10.2. The summed E-state index contributed by atoms with van der Waals surface area (Å²) < 4.78 is 296. The van der Waals surface area contributed by atoms with Gasteiger partial charge in [0.05, 0.1) is 0 Å². The molecule has 0 aliphatic heterocycles. The highest BCUT2D eigenvalue weighted by atomic mass is 19.2. The smallest absolute Gasteiger partial charge is 0.227 e. The molecule has 24 heteroatoms. The molecule has 1 aromatic heterocycles. The lowest BCUT2D eigenvalue weighted by Gasteiger charge is -2.44. The average Bonchev–Trinajstić information content (AvgIpc) is 3.34. The normalized spacial score (nSPS) is 11.4. The van der Waals surface area contributed by atoms with Crippen LogP contribution in [0.1, 0.15) is 16.1 Å². The molecule has 0 atom stereocenters. The van der Waals surface area contributed by atoms with Crippen LogP contribution in [0.2, 0.25) is 0 Å². The van der Waals surface area contributed by atoms with E-state index in [9.17, 15) is 62.7 Å². The molecule has 0 N–H and O–H groups in total. The molecule has 0 fully saturated rings. The number of fused-ring (bicyclic) bond motifs is 1. The predicted octanol–water partition coefficient (Wildman–Crippen LogP) is 9.39. The van der Waals surface area contributed by atoms with Gasteiger partial charge in [0.2, 0.25) is 23.5 Å². The number of rotatable bonds is 8. The van der Waals surface area contributed by atoms with Gasteiger partial charge in [-0.25, -0.2) is 87.8 Å². The zero-order chi connectivity index (χ0) is 50.6. The Hall–Kier alpha value is -7.71. The van der Waals surface area contributed by atoms with E-state index in [2.05, 4.69) is 12.6 Å². The summed E-state index contributed by atoms with van der Waals surface area (Å²) in [6.07, 6.45) is -7.22. The highest BCUT2D eigenvalue weighted by Crippen LogP contribution is 2.31. The molecule has 0 aliphatic rings. The fourth-order valence-electron chi connectivity index (χ4n) is 7.49. The SMILES string of the molecule is C=C(C#N)c1ccc2ccccc2[n+]1CC(=O)c1ccccc1.Fc1c(F)c(F)c([B-](c2c(F)c(F)c(F)c(F)c2F)(c2c(F)c(F)c(F)c(F)c2F)c2c(F)c(F)c(F)c(F)c2F)c(F)c1F. The second kappa shape index (κ2) is 18.5. The number of allylic oxidation sites excluding steroid dienone is 1. The van der Waals surface area contributed by atoms with Gasteiger partial charge in [0.25, 0.3) is 0 Å². The average molecular weight is 978 g/mol. The lowest BCUT2D eigenvalue weighted by molar-refractivity contribution is -0.659. The maximum absolute atomic E-state index is 15.4. The molecule has 0 amide bonds. The second-order valence-corrected chi connectivity index (χ2v) is 14.0. The Morgan fingerprint density at radius 1 is 0.426 bits per heavy atom. The lowest BCUT2D eigenvalue weighted by atomic mass is 9.12. The highest BCUT2D eigenvalue weighted by molar-refractivity contribution is 7.20. The molecular formula is C44H15BF20N2O. The van der Waals surface area contributed by atoms with Crippen LogP contribution in [0.15, 0.2) is 73.3 Å². The number of pyridine rings is 1. The van der Waals surface area contributed by atoms with Crippen molar-refractivity contribution in [1.82, 2.24) is 0 Å². The fraction of sp³-hybridized carbons (Fsp3) is 0.0227. The number of Topliss-reactive ketones (excluding diaryl/α,β-unsaturated/α-hetero) is 1. The van der Waals surface area contributed by atoms with E-state index in [0.717, 1.165) is 10.9 Å². The number of benzene rings is 6. The number of carbonyl (C=O) groups excluding carboxylic acids is 1. The lowest BCUT2D eigenvalue weighted by Crippen LogP contribution is -2.81. The van der Waals surface area contributed by atoms with E-state index in [1.165, 1.54) is 0 Å². The summed E-state index contributed by atoms with van der Waals surface area (Å²) >= 11 is 0. The van der Waals surface area contributed by atoms with Crippen LogP contribution in [0, 0.1) is 128 Å². The van der Waals surface area contributed by atoms with Crippen molar-refractivity contribution in [2.24, 2.45) is 0 Å². The Balaban J connectivity index is 0.000000276. The van der Waals surface area contributed by atoms with Crippen molar-refractivity contribution < 1.29 is 97.2 Å². The molecule has 0 spiro atoms. The first-order valence-corrected chi connectivity index (χ1v) is 18.2. The summed E-state index contributed by atoms with van der Waals surface area (Å²) in [5.74, 6) is -71.4. The molecule has 0 saturated carbocycles. The van der Waals surface area contributed by atoms with Gasteiger partial charge in [0, 0.05) is 23.1 Å². The Morgan fingerprint density at radius 2 is 0.721 bits per heavy atom. The molecule has 3 nitrogen and oxygen atoms in total. The van der Waals surface area contributed by atoms with Crippen LogP contribution in [0.25, 0.3) is 16.5 Å². The van der Waals surface area contributed by atoms with E-state index in [1.54, 1.807) is 12.1 Å². The van der Waals surface area contributed by atoms with Crippen molar-refractivity contribution >= 4 is 50.3 Å². The van der Waals surface area contributed by atoms with Gasteiger partial charge >= 0.3 is 0 Å². The standard InChI is InChI=1S/C24BF20.C20H15N2O/c26-5-1(6(27)14(35)21(42)13(5)34)25(2-7(28)15(36)22(43)16(37)8(2)29,3-9(30)17(38)23(44)18(39)10(3)31)4-11(32)19(40)24(45)20(41)12(4)33;1-15(13-21)18-12-11-16-7-5-6-10-19(16)22(18)14-20(23)17-8-3-2-4-9-17/h;2-12H,1,14H2/q-1;+1. The van der Waals surface area contributed by atoms with Crippen LogP contribution < -0.4 is 26.4 Å². The van der Waals surface area contributed by atoms with Gasteiger partial charge in [-0.05, 0) is 12.1 Å². The fourth-order valence-corrected chi connectivity index (χ4v) is 7.49. The number of hydrogen-bond donors (Lipinski definition) is 0. The number of carbonyl (C=O) groups is 1. The predicted molar refractivity (Wildman–Crippen MR) is 199 cm³/mol. The number of halogens is 20. The molecule has 7 rings (SSSR count). The molecule has 0 saturated heterocycles. The Bertz CT molecular complexity index is 2940. The summed E-state index contributed by atoms with van der Waals surface area (Å²) in [7, 11) is 0.